The van der Waals surface area contributed by atoms with E-state index in [1.165, 1.54) is 18.5 Å². The van der Waals surface area contributed by atoms with Gasteiger partial charge >= 0.3 is 0 Å². The third-order valence-corrected chi connectivity index (χ3v) is 3.69. The first-order chi connectivity index (χ1) is 7.81. The van der Waals surface area contributed by atoms with E-state index < -0.39 is 0 Å². The van der Waals surface area contributed by atoms with Crippen molar-refractivity contribution in [3.63, 3.8) is 0 Å². The lowest BCUT2D eigenvalue weighted by molar-refractivity contribution is 0.0905. The van der Waals surface area contributed by atoms with Gasteiger partial charge in [-0.2, -0.15) is 0 Å². The largest absolute Gasteiger partial charge is 0.330 e. The average Bonchev–Trinajstić information content (AvgIpc) is 2.27. The first-order valence-corrected chi connectivity index (χ1v) is 6.11. The van der Waals surface area contributed by atoms with Crippen LogP contribution in [0.1, 0.15) is 18.5 Å². The monoisotopic (exact) mass is 219 g/mol. The zero-order valence-corrected chi connectivity index (χ0v) is 9.97. The van der Waals surface area contributed by atoms with E-state index in [1.807, 2.05) is 18.3 Å². The first kappa shape index (κ1) is 11.6. The summed E-state index contributed by atoms with van der Waals surface area (Å²) in [6.07, 6.45) is 5.50. The molecule has 0 aliphatic heterocycles. The second-order valence-corrected chi connectivity index (χ2v) is 4.69. The van der Waals surface area contributed by atoms with E-state index in [0.717, 1.165) is 19.5 Å². The molecule has 3 nitrogen and oxygen atoms in total. The van der Waals surface area contributed by atoms with Crippen LogP contribution in [0, 0.1) is 5.92 Å². The summed E-state index contributed by atoms with van der Waals surface area (Å²) in [6, 6.07) is 6.81. The van der Waals surface area contributed by atoms with Crippen LogP contribution >= 0.6 is 0 Å². The number of hydrogen-bond donors (Lipinski definition) is 1. The Morgan fingerprint density at radius 2 is 2.31 bits per heavy atom. The van der Waals surface area contributed by atoms with Crippen molar-refractivity contribution in [2.45, 2.75) is 25.3 Å². The second-order valence-electron chi connectivity index (χ2n) is 4.69. The fourth-order valence-electron chi connectivity index (χ4n) is 2.41. The number of hydrogen-bond acceptors (Lipinski definition) is 3. The molecule has 0 radical (unpaired) electrons. The molecule has 1 aliphatic rings. The lowest BCUT2D eigenvalue weighted by Gasteiger charge is -2.42. The summed E-state index contributed by atoms with van der Waals surface area (Å²) in [7, 11) is 2.20. The summed E-state index contributed by atoms with van der Waals surface area (Å²) in [5.74, 6) is 0.716. The summed E-state index contributed by atoms with van der Waals surface area (Å²) in [5.41, 5.74) is 6.91. The molecule has 1 fully saturated rings. The van der Waals surface area contributed by atoms with Crippen LogP contribution in [0.4, 0.5) is 0 Å². The molecule has 2 unspecified atom stereocenters. The minimum atomic E-state index is 0.703. The Kier molecular flexibility index (Phi) is 3.91. The third-order valence-electron chi connectivity index (χ3n) is 3.69. The average molecular weight is 219 g/mol. The molecule has 0 amide bonds. The fourth-order valence-corrected chi connectivity index (χ4v) is 2.41. The minimum Gasteiger partial charge on any atom is -0.330 e. The van der Waals surface area contributed by atoms with E-state index >= 15 is 0 Å². The number of pyridine rings is 1. The third kappa shape index (κ3) is 2.60. The Morgan fingerprint density at radius 1 is 1.44 bits per heavy atom. The summed E-state index contributed by atoms with van der Waals surface area (Å²) >= 11 is 0. The SMILES string of the molecule is CN(CCc1ccccn1)C1CCC1CN. The number of aromatic nitrogens is 1. The highest BCUT2D eigenvalue weighted by Crippen LogP contribution is 2.30. The Morgan fingerprint density at radius 3 is 2.88 bits per heavy atom. The van der Waals surface area contributed by atoms with Gasteiger partial charge in [-0.15, -0.1) is 0 Å². The van der Waals surface area contributed by atoms with Crippen LogP contribution in [-0.4, -0.2) is 36.1 Å². The van der Waals surface area contributed by atoms with Gasteiger partial charge in [-0.05, 0) is 44.5 Å². The molecular formula is C13H21N3. The molecule has 16 heavy (non-hydrogen) atoms. The maximum absolute atomic E-state index is 5.73. The maximum Gasteiger partial charge on any atom is 0.0416 e. The van der Waals surface area contributed by atoms with Crippen molar-refractivity contribution >= 4 is 0 Å². The van der Waals surface area contributed by atoms with Gasteiger partial charge in [0, 0.05) is 30.9 Å². The van der Waals surface area contributed by atoms with Gasteiger partial charge in [0.05, 0.1) is 0 Å². The molecule has 1 aromatic heterocycles. The van der Waals surface area contributed by atoms with Gasteiger partial charge in [0.25, 0.3) is 0 Å². The molecule has 2 atom stereocenters. The molecule has 0 aromatic carbocycles. The molecule has 2 N–H and O–H groups in total. The lowest BCUT2D eigenvalue weighted by atomic mass is 9.78. The number of likely N-dealkylation sites (N-methyl/N-ethyl adjacent to an activating group) is 1. The van der Waals surface area contributed by atoms with E-state index in [2.05, 4.69) is 23.0 Å². The van der Waals surface area contributed by atoms with Crippen molar-refractivity contribution < 1.29 is 0 Å². The van der Waals surface area contributed by atoms with Crippen LogP contribution in [0.3, 0.4) is 0 Å². The standard InChI is InChI=1S/C13H21N3/c1-16(13-6-5-11(13)10-14)9-7-12-4-2-3-8-15-12/h2-4,8,11,13H,5-7,9-10,14H2,1H3. The summed E-state index contributed by atoms with van der Waals surface area (Å²) in [6.45, 7) is 1.91. The Balaban J connectivity index is 1.78. The van der Waals surface area contributed by atoms with Crippen molar-refractivity contribution in [2.75, 3.05) is 20.1 Å². The molecular weight excluding hydrogens is 198 g/mol. The zero-order chi connectivity index (χ0) is 11.4. The van der Waals surface area contributed by atoms with E-state index in [-0.39, 0.29) is 0 Å². The maximum atomic E-state index is 5.73. The van der Waals surface area contributed by atoms with Gasteiger partial charge in [-0.25, -0.2) is 0 Å². The van der Waals surface area contributed by atoms with Crippen molar-refractivity contribution in [2.24, 2.45) is 11.7 Å². The van der Waals surface area contributed by atoms with Crippen LogP contribution in [0.2, 0.25) is 0 Å². The van der Waals surface area contributed by atoms with E-state index in [9.17, 15) is 0 Å². The molecule has 0 saturated heterocycles. The fraction of sp³-hybridized carbons (Fsp3) is 0.615. The van der Waals surface area contributed by atoms with E-state index in [4.69, 9.17) is 5.73 Å². The zero-order valence-electron chi connectivity index (χ0n) is 9.97. The molecule has 0 bridgehead atoms. The quantitative estimate of drug-likeness (QED) is 0.811. The van der Waals surface area contributed by atoms with Gasteiger partial charge in [-0.1, -0.05) is 6.07 Å². The smallest absolute Gasteiger partial charge is 0.0416 e. The molecule has 1 aromatic rings. The van der Waals surface area contributed by atoms with Crippen molar-refractivity contribution in [1.82, 2.24) is 9.88 Å². The van der Waals surface area contributed by atoms with Crippen molar-refractivity contribution in [1.29, 1.82) is 0 Å². The molecule has 0 spiro atoms. The minimum absolute atomic E-state index is 0.703. The van der Waals surface area contributed by atoms with Gasteiger partial charge in [0.15, 0.2) is 0 Å². The molecule has 1 heterocycles. The molecule has 3 heteroatoms. The van der Waals surface area contributed by atoms with Gasteiger partial charge in [-0.3, -0.25) is 4.98 Å². The first-order valence-electron chi connectivity index (χ1n) is 6.11. The van der Waals surface area contributed by atoms with Crippen LogP contribution < -0.4 is 5.73 Å². The van der Waals surface area contributed by atoms with E-state index in [1.54, 1.807) is 0 Å². The number of nitrogens with zero attached hydrogens (tertiary/aromatic N) is 2. The summed E-state index contributed by atoms with van der Waals surface area (Å²) in [4.78, 5) is 6.78. The van der Waals surface area contributed by atoms with Crippen molar-refractivity contribution in [3.8, 4) is 0 Å². The highest BCUT2D eigenvalue weighted by atomic mass is 15.1. The van der Waals surface area contributed by atoms with Crippen LogP contribution in [-0.2, 0) is 6.42 Å². The number of rotatable bonds is 5. The van der Waals surface area contributed by atoms with Gasteiger partial charge in [0.2, 0.25) is 0 Å². The van der Waals surface area contributed by atoms with E-state index in [0.29, 0.717) is 12.0 Å². The normalized spacial score (nSPS) is 24.4. The lowest BCUT2D eigenvalue weighted by Crippen LogP contribution is -2.48. The van der Waals surface area contributed by atoms with Crippen molar-refractivity contribution in [3.05, 3.63) is 30.1 Å². The molecule has 1 saturated carbocycles. The summed E-state index contributed by atoms with van der Waals surface area (Å²) in [5, 5.41) is 0. The predicted octanol–water partition coefficient (Wildman–Crippen LogP) is 1.29. The van der Waals surface area contributed by atoms with Crippen LogP contribution in [0.25, 0.3) is 0 Å². The second kappa shape index (κ2) is 5.41. The Hall–Kier alpha value is -0.930. The topological polar surface area (TPSA) is 42.2 Å². The number of nitrogens with two attached hydrogens (primary N) is 1. The highest BCUT2D eigenvalue weighted by molar-refractivity contribution is 5.04. The highest BCUT2D eigenvalue weighted by Gasteiger charge is 2.32. The van der Waals surface area contributed by atoms with Gasteiger partial charge in [0.1, 0.15) is 0 Å². The predicted molar refractivity (Wildman–Crippen MR) is 66.1 cm³/mol. The Bertz CT molecular complexity index is 310. The van der Waals surface area contributed by atoms with Crippen LogP contribution in [0.5, 0.6) is 0 Å². The molecule has 2 rings (SSSR count). The summed E-state index contributed by atoms with van der Waals surface area (Å²) < 4.78 is 0. The molecule has 88 valence electrons. The Labute approximate surface area is 97.7 Å². The van der Waals surface area contributed by atoms with Crippen LogP contribution in [0.15, 0.2) is 24.4 Å². The molecule has 1 aliphatic carbocycles. The van der Waals surface area contributed by atoms with Gasteiger partial charge < -0.3 is 10.6 Å².